The van der Waals surface area contributed by atoms with Gasteiger partial charge in [-0.3, -0.25) is 9.59 Å². The van der Waals surface area contributed by atoms with Crippen LogP contribution in [-0.2, 0) is 14.3 Å². The second kappa shape index (κ2) is 7.52. The van der Waals surface area contributed by atoms with Gasteiger partial charge in [0.25, 0.3) is 0 Å². The molecular formula is C14H25NO3. The van der Waals surface area contributed by atoms with Gasteiger partial charge in [-0.25, -0.2) is 0 Å². The second-order valence-electron chi connectivity index (χ2n) is 5.21. The largest absolute Gasteiger partial charge is 0.365 e. The Morgan fingerprint density at radius 2 is 2.00 bits per heavy atom. The third-order valence-corrected chi connectivity index (χ3v) is 3.37. The van der Waals surface area contributed by atoms with Crippen LogP contribution in [0.5, 0.6) is 0 Å². The molecule has 0 aromatic heterocycles. The molecule has 1 aliphatic carbocycles. The van der Waals surface area contributed by atoms with Crippen LogP contribution < -0.4 is 5.32 Å². The van der Waals surface area contributed by atoms with Crippen LogP contribution in [-0.4, -0.2) is 29.9 Å². The zero-order chi connectivity index (χ0) is 13.5. The summed E-state index contributed by atoms with van der Waals surface area (Å²) in [6.45, 7) is 5.89. The van der Waals surface area contributed by atoms with E-state index in [9.17, 15) is 9.59 Å². The smallest absolute Gasteiger partial charge is 0.249 e. The van der Waals surface area contributed by atoms with Crippen molar-refractivity contribution in [1.82, 2.24) is 5.32 Å². The van der Waals surface area contributed by atoms with E-state index in [4.69, 9.17) is 4.74 Å². The molecule has 0 heterocycles. The van der Waals surface area contributed by atoms with E-state index in [0.717, 1.165) is 25.7 Å². The van der Waals surface area contributed by atoms with Crippen molar-refractivity contribution in [3.63, 3.8) is 0 Å². The molecule has 0 spiro atoms. The molecule has 2 unspecified atom stereocenters. The Bertz CT molecular complexity index is 281. The Morgan fingerprint density at radius 1 is 1.39 bits per heavy atom. The van der Waals surface area contributed by atoms with E-state index in [-0.39, 0.29) is 18.1 Å². The summed E-state index contributed by atoms with van der Waals surface area (Å²) in [6, 6.07) is 0.196. The lowest BCUT2D eigenvalue weighted by molar-refractivity contribution is -0.138. The van der Waals surface area contributed by atoms with Crippen LogP contribution >= 0.6 is 0 Å². The fourth-order valence-corrected chi connectivity index (χ4v) is 2.27. The Hall–Kier alpha value is -0.900. The minimum atomic E-state index is -0.428. The Balaban J connectivity index is 2.28. The maximum Gasteiger partial charge on any atom is 0.249 e. The number of ether oxygens (including phenoxy) is 1. The average molecular weight is 255 g/mol. The zero-order valence-corrected chi connectivity index (χ0v) is 11.7. The van der Waals surface area contributed by atoms with Gasteiger partial charge in [0.15, 0.2) is 0 Å². The van der Waals surface area contributed by atoms with Crippen LogP contribution in [0.4, 0.5) is 0 Å². The number of rotatable bonds is 6. The molecule has 0 aliphatic heterocycles. The Labute approximate surface area is 109 Å². The first-order valence-electron chi connectivity index (χ1n) is 7.00. The van der Waals surface area contributed by atoms with Gasteiger partial charge < -0.3 is 10.1 Å². The number of hydrogen-bond acceptors (Lipinski definition) is 3. The number of carbonyl (C=O) groups is 2. The van der Waals surface area contributed by atoms with Gasteiger partial charge in [-0.15, -0.1) is 0 Å². The number of amides is 1. The highest BCUT2D eigenvalue weighted by molar-refractivity contribution is 5.81. The molecule has 0 aromatic rings. The molecule has 4 heteroatoms. The summed E-state index contributed by atoms with van der Waals surface area (Å²) in [6.07, 6.45) is 4.35. The van der Waals surface area contributed by atoms with Crippen molar-refractivity contribution in [2.75, 3.05) is 0 Å². The molecular weight excluding hydrogens is 230 g/mol. The van der Waals surface area contributed by atoms with E-state index < -0.39 is 6.10 Å². The van der Waals surface area contributed by atoms with Gasteiger partial charge in [0.2, 0.25) is 5.91 Å². The lowest BCUT2D eigenvalue weighted by Gasteiger charge is -2.25. The molecule has 18 heavy (non-hydrogen) atoms. The Kier molecular flexibility index (Phi) is 6.33. The first-order chi connectivity index (χ1) is 8.52. The van der Waals surface area contributed by atoms with Crippen LogP contribution in [0.3, 0.4) is 0 Å². The van der Waals surface area contributed by atoms with Crippen molar-refractivity contribution in [3.8, 4) is 0 Å². The maximum atomic E-state index is 11.9. The quantitative estimate of drug-likeness (QED) is 0.791. The summed E-state index contributed by atoms with van der Waals surface area (Å²) in [5.41, 5.74) is 0. The van der Waals surface area contributed by atoms with Gasteiger partial charge in [-0.05, 0) is 33.1 Å². The van der Waals surface area contributed by atoms with E-state index in [1.54, 1.807) is 6.92 Å². The monoisotopic (exact) mass is 255 g/mol. The topological polar surface area (TPSA) is 55.4 Å². The summed E-state index contributed by atoms with van der Waals surface area (Å²) in [5.74, 6) is 0.261. The van der Waals surface area contributed by atoms with Crippen LogP contribution in [0.25, 0.3) is 0 Å². The molecule has 0 bridgehead atoms. The van der Waals surface area contributed by atoms with E-state index in [1.807, 2.05) is 6.92 Å². The minimum Gasteiger partial charge on any atom is -0.365 e. The van der Waals surface area contributed by atoms with E-state index in [1.165, 1.54) is 0 Å². The minimum absolute atomic E-state index is 0.0483. The molecule has 0 aromatic carbocycles. The molecule has 1 fully saturated rings. The predicted octanol–water partition coefficient (Wildman–Crippen LogP) is 2.21. The van der Waals surface area contributed by atoms with Crippen LogP contribution in [0.2, 0.25) is 0 Å². The van der Waals surface area contributed by atoms with Gasteiger partial charge in [0, 0.05) is 18.9 Å². The summed E-state index contributed by atoms with van der Waals surface area (Å²) >= 11 is 0. The van der Waals surface area contributed by atoms with Crippen LogP contribution in [0.1, 0.15) is 59.3 Å². The van der Waals surface area contributed by atoms with Crippen LogP contribution in [0.15, 0.2) is 0 Å². The van der Waals surface area contributed by atoms with E-state index in [0.29, 0.717) is 18.6 Å². The van der Waals surface area contributed by atoms with Gasteiger partial charge >= 0.3 is 0 Å². The van der Waals surface area contributed by atoms with Crippen molar-refractivity contribution in [3.05, 3.63) is 0 Å². The highest BCUT2D eigenvalue weighted by Gasteiger charge is 2.24. The van der Waals surface area contributed by atoms with E-state index in [2.05, 4.69) is 12.2 Å². The molecule has 1 aliphatic rings. The van der Waals surface area contributed by atoms with Crippen molar-refractivity contribution in [2.45, 2.75) is 77.5 Å². The summed E-state index contributed by atoms with van der Waals surface area (Å²) in [4.78, 5) is 23.0. The lowest BCUT2D eigenvalue weighted by Crippen LogP contribution is -2.41. The van der Waals surface area contributed by atoms with Crippen molar-refractivity contribution in [2.24, 2.45) is 0 Å². The van der Waals surface area contributed by atoms with Crippen molar-refractivity contribution >= 4 is 11.7 Å². The zero-order valence-electron chi connectivity index (χ0n) is 11.7. The molecule has 4 nitrogen and oxygen atoms in total. The summed E-state index contributed by atoms with van der Waals surface area (Å²) < 4.78 is 5.72. The van der Waals surface area contributed by atoms with Gasteiger partial charge in [0.1, 0.15) is 11.9 Å². The number of nitrogens with one attached hydrogen (secondary N) is 1. The first kappa shape index (κ1) is 15.2. The molecule has 2 atom stereocenters. The highest BCUT2D eigenvalue weighted by atomic mass is 16.5. The van der Waals surface area contributed by atoms with Gasteiger partial charge in [-0.2, -0.15) is 0 Å². The highest BCUT2D eigenvalue weighted by Crippen LogP contribution is 2.19. The number of carbonyl (C=O) groups excluding carboxylic acids is 2. The Morgan fingerprint density at radius 3 is 2.56 bits per heavy atom. The third-order valence-electron chi connectivity index (χ3n) is 3.37. The molecule has 1 amide bonds. The van der Waals surface area contributed by atoms with Gasteiger partial charge in [-0.1, -0.05) is 13.3 Å². The van der Waals surface area contributed by atoms with Crippen molar-refractivity contribution in [1.29, 1.82) is 0 Å². The molecule has 0 saturated heterocycles. The molecule has 0 radical (unpaired) electrons. The van der Waals surface area contributed by atoms with Gasteiger partial charge in [0.05, 0.1) is 6.10 Å². The van der Waals surface area contributed by atoms with Crippen molar-refractivity contribution < 1.29 is 14.3 Å². The summed E-state index contributed by atoms with van der Waals surface area (Å²) in [5, 5.41) is 2.95. The number of Topliss-reactive ketones (excluding diaryl/α,β-unsaturated/α-hetero) is 1. The van der Waals surface area contributed by atoms with Crippen LogP contribution in [0, 0.1) is 0 Å². The molecule has 104 valence electrons. The fraction of sp³-hybridized carbons (Fsp3) is 0.857. The first-order valence-corrected chi connectivity index (χ1v) is 7.00. The number of ketones is 1. The number of hydrogen-bond donors (Lipinski definition) is 1. The molecule has 1 N–H and O–H groups in total. The average Bonchev–Trinajstić information content (AvgIpc) is 2.32. The summed E-state index contributed by atoms with van der Waals surface area (Å²) in [7, 11) is 0. The second-order valence-corrected chi connectivity index (χ2v) is 5.21. The molecule has 1 rings (SSSR count). The fourth-order valence-electron chi connectivity index (χ4n) is 2.27. The van der Waals surface area contributed by atoms with E-state index >= 15 is 0 Å². The lowest BCUT2D eigenvalue weighted by atomic mass is 9.96. The maximum absolute atomic E-state index is 11.9. The standard InChI is InChI=1S/C14H25NO3/c1-4-5-10(2)15-14(17)11(3)18-13-8-6-12(16)7-9-13/h10-11,13H,4-9H2,1-3H3,(H,15,17). The third kappa shape index (κ3) is 5.17. The predicted molar refractivity (Wildman–Crippen MR) is 70.3 cm³/mol. The SMILES string of the molecule is CCCC(C)NC(=O)C(C)OC1CCC(=O)CC1. The molecule has 1 saturated carbocycles. The normalized spacial score (nSPS) is 20.5.